The van der Waals surface area contributed by atoms with Gasteiger partial charge in [0.05, 0.1) is 5.60 Å². The Kier molecular flexibility index (Phi) is 2.69. The summed E-state index contributed by atoms with van der Waals surface area (Å²) in [6.07, 6.45) is 2.18. The molecule has 2 nitrogen and oxygen atoms in total. The molecule has 0 amide bonds. The van der Waals surface area contributed by atoms with Crippen molar-refractivity contribution < 1.29 is 4.74 Å². The van der Waals surface area contributed by atoms with Crippen molar-refractivity contribution in [2.24, 2.45) is 0 Å². The third-order valence-corrected chi connectivity index (χ3v) is 1.47. The lowest BCUT2D eigenvalue weighted by Crippen LogP contribution is -2.27. The van der Waals surface area contributed by atoms with Gasteiger partial charge >= 0.3 is 0 Å². The van der Waals surface area contributed by atoms with Gasteiger partial charge in [-0.2, -0.15) is 0 Å². The third kappa shape index (κ3) is 1.62. The lowest BCUT2D eigenvalue weighted by Gasteiger charge is -2.19. The predicted octanol–water partition coefficient (Wildman–Crippen LogP) is 1.45. The normalized spacial score (nSPS) is 17.4. The first-order valence-corrected chi connectivity index (χ1v) is 2.75. The van der Waals surface area contributed by atoms with Crippen molar-refractivity contribution in [1.82, 2.24) is 0 Å². The summed E-state index contributed by atoms with van der Waals surface area (Å²) < 4.78 is 4.99. The molecule has 8 heavy (non-hydrogen) atoms. The van der Waals surface area contributed by atoms with Crippen LogP contribution in [0.25, 0.3) is 0 Å². The summed E-state index contributed by atoms with van der Waals surface area (Å²) in [5.41, 5.74) is -0.333. The van der Waals surface area contributed by atoms with Crippen LogP contribution in [0.4, 0.5) is 0 Å². The Labute approximate surface area is 50.4 Å². The van der Waals surface area contributed by atoms with Crippen molar-refractivity contribution in [2.45, 2.75) is 25.9 Å². The molecule has 0 heterocycles. The smallest absolute Gasteiger partial charge is 0.0990 e. The Morgan fingerprint density at radius 2 is 2.25 bits per heavy atom. The largest absolute Gasteiger partial charge is 0.373 e. The molecular formula is C6H13NO. The maximum absolute atomic E-state index is 6.91. The second-order valence-electron chi connectivity index (χ2n) is 2.01. The first-order valence-electron chi connectivity index (χ1n) is 2.75. The Bertz CT molecular complexity index is 76.6. The highest BCUT2D eigenvalue weighted by Gasteiger charge is 2.15. The molecule has 0 saturated heterocycles. The minimum absolute atomic E-state index is 0.333. The average molecular weight is 115 g/mol. The molecule has 0 aliphatic rings. The van der Waals surface area contributed by atoms with Crippen LogP contribution in [-0.2, 0) is 4.74 Å². The third-order valence-electron chi connectivity index (χ3n) is 1.47. The molecule has 0 bridgehead atoms. The summed E-state index contributed by atoms with van der Waals surface area (Å²) in [6, 6.07) is 0. The van der Waals surface area contributed by atoms with Crippen LogP contribution in [0.15, 0.2) is 0 Å². The van der Waals surface area contributed by atoms with E-state index < -0.39 is 0 Å². The van der Waals surface area contributed by atoms with Crippen LogP contribution in [0.5, 0.6) is 0 Å². The SMILES string of the molecule is CCC(C)(C=N)OC. The Morgan fingerprint density at radius 3 is 2.25 bits per heavy atom. The molecular weight excluding hydrogens is 102 g/mol. The molecule has 0 aromatic heterocycles. The van der Waals surface area contributed by atoms with Gasteiger partial charge in [0.2, 0.25) is 0 Å². The van der Waals surface area contributed by atoms with Crippen LogP contribution < -0.4 is 0 Å². The Balaban J connectivity index is 3.76. The number of ether oxygens (including phenoxy) is 1. The topological polar surface area (TPSA) is 33.1 Å². The fraction of sp³-hybridized carbons (Fsp3) is 0.833. The summed E-state index contributed by atoms with van der Waals surface area (Å²) in [4.78, 5) is 0. The molecule has 0 rings (SSSR count). The van der Waals surface area contributed by atoms with Gasteiger partial charge in [0.15, 0.2) is 0 Å². The summed E-state index contributed by atoms with van der Waals surface area (Å²) in [5.74, 6) is 0. The number of rotatable bonds is 3. The van der Waals surface area contributed by atoms with E-state index in [-0.39, 0.29) is 5.60 Å². The summed E-state index contributed by atoms with van der Waals surface area (Å²) in [6.45, 7) is 3.88. The van der Waals surface area contributed by atoms with Gasteiger partial charge in [0, 0.05) is 13.3 Å². The first-order chi connectivity index (χ1) is 3.68. The minimum Gasteiger partial charge on any atom is -0.373 e. The lowest BCUT2D eigenvalue weighted by molar-refractivity contribution is 0.0669. The van der Waals surface area contributed by atoms with Crippen molar-refractivity contribution in [3.63, 3.8) is 0 Å². The standard InChI is InChI=1S/C6H13NO/c1-4-6(2,5-7)8-3/h5,7H,4H2,1-3H3. The van der Waals surface area contributed by atoms with E-state index in [9.17, 15) is 0 Å². The van der Waals surface area contributed by atoms with E-state index in [1.54, 1.807) is 7.11 Å². The van der Waals surface area contributed by atoms with Gasteiger partial charge in [-0.25, -0.2) is 0 Å². The number of nitrogens with one attached hydrogen (secondary N) is 1. The first kappa shape index (κ1) is 7.63. The average Bonchev–Trinajstić information content (AvgIpc) is 1.87. The van der Waals surface area contributed by atoms with Crippen molar-refractivity contribution >= 4 is 6.21 Å². The van der Waals surface area contributed by atoms with Gasteiger partial charge < -0.3 is 10.1 Å². The molecule has 0 aromatic rings. The van der Waals surface area contributed by atoms with E-state index in [1.165, 1.54) is 6.21 Å². The van der Waals surface area contributed by atoms with E-state index in [4.69, 9.17) is 10.1 Å². The highest BCUT2D eigenvalue weighted by molar-refractivity contribution is 5.64. The molecule has 1 unspecified atom stereocenters. The fourth-order valence-electron chi connectivity index (χ4n) is 0.305. The zero-order chi connectivity index (χ0) is 6.62. The van der Waals surface area contributed by atoms with Gasteiger partial charge in [-0.15, -0.1) is 0 Å². The number of hydrogen-bond acceptors (Lipinski definition) is 2. The molecule has 0 aromatic carbocycles. The lowest BCUT2D eigenvalue weighted by atomic mass is 10.1. The van der Waals surface area contributed by atoms with Gasteiger partial charge in [-0.3, -0.25) is 0 Å². The molecule has 0 spiro atoms. The summed E-state index contributed by atoms with van der Waals surface area (Å²) >= 11 is 0. The highest BCUT2D eigenvalue weighted by atomic mass is 16.5. The second-order valence-corrected chi connectivity index (χ2v) is 2.01. The monoisotopic (exact) mass is 115 g/mol. The molecule has 1 N–H and O–H groups in total. The maximum atomic E-state index is 6.91. The molecule has 48 valence electrons. The molecule has 0 aliphatic carbocycles. The number of methoxy groups -OCH3 is 1. The Hall–Kier alpha value is -0.370. The van der Waals surface area contributed by atoms with Gasteiger partial charge in [0.25, 0.3) is 0 Å². The molecule has 0 fully saturated rings. The number of hydrogen-bond donors (Lipinski definition) is 1. The van der Waals surface area contributed by atoms with Crippen molar-refractivity contribution in [2.75, 3.05) is 7.11 Å². The van der Waals surface area contributed by atoms with E-state index in [2.05, 4.69) is 0 Å². The zero-order valence-electron chi connectivity index (χ0n) is 5.69. The summed E-state index contributed by atoms with van der Waals surface area (Å²) in [7, 11) is 1.62. The van der Waals surface area contributed by atoms with Crippen LogP contribution >= 0.6 is 0 Å². The molecule has 1 atom stereocenters. The Morgan fingerprint density at radius 1 is 1.75 bits per heavy atom. The molecule has 0 aliphatic heterocycles. The van der Waals surface area contributed by atoms with Crippen LogP contribution in [0.2, 0.25) is 0 Å². The second kappa shape index (κ2) is 2.82. The van der Waals surface area contributed by atoms with Gasteiger partial charge in [0.1, 0.15) is 0 Å². The predicted molar refractivity (Wildman–Crippen MR) is 34.5 cm³/mol. The van der Waals surface area contributed by atoms with Gasteiger partial charge in [-0.1, -0.05) is 6.92 Å². The fourth-order valence-corrected chi connectivity index (χ4v) is 0.305. The highest BCUT2D eigenvalue weighted by Crippen LogP contribution is 2.08. The minimum atomic E-state index is -0.333. The van der Waals surface area contributed by atoms with E-state index >= 15 is 0 Å². The van der Waals surface area contributed by atoms with Crippen molar-refractivity contribution in [3.05, 3.63) is 0 Å². The molecule has 0 radical (unpaired) electrons. The quantitative estimate of drug-likeness (QED) is 0.555. The van der Waals surface area contributed by atoms with E-state index in [1.807, 2.05) is 13.8 Å². The van der Waals surface area contributed by atoms with E-state index in [0.29, 0.717) is 0 Å². The van der Waals surface area contributed by atoms with Crippen LogP contribution in [0.3, 0.4) is 0 Å². The molecule has 0 saturated carbocycles. The maximum Gasteiger partial charge on any atom is 0.0990 e. The van der Waals surface area contributed by atoms with Crippen molar-refractivity contribution in [1.29, 1.82) is 5.41 Å². The van der Waals surface area contributed by atoms with Crippen molar-refractivity contribution in [3.8, 4) is 0 Å². The zero-order valence-corrected chi connectivity index (χ0v) is 5.69. The van der Waals surface area contributed by atoms with Crippen LogP contribution in [0, 0.1) is 5.41 Å². The summed E-state index contributed by atoms with van der Waals surface area (Å²) in [5, 5.41) is 6.91. The van der Waals surface area contributed by atoms with Crippen LogP contribution in [0.1, 0.15) is 20.3 Å². The van der Waals surface area contributed by atoms with E-state index in [0.717, 1.165) is 6.42 Å². The van der Waals surface area contributed by atoms with Gasteiger partial charge in [-0.05, 0) is 13.3 Å². The van der Waals surface area contributed by atoms with Crippen LogP contribution in [-0.4, -0.2) is 18.9 Å². The molecule has 2 heteroatoms.